The number of allylic oxidation sites excluding steroid dienone is 1. The van der Waals surface area contributed by atoms with Gasteiger partial charge >= 0.3 is 12.6 Å². The highest BCUT2D eigenvalue weighted by Gasteiger charge is 2.35. The molecule has 184 valence electrons. The van der Waals surface area contributed by atoms with Crippen molar-refractivity contribution in [3.63, 3.8) is 0 Å². The first kappa shape index (κ1) is 24.3. The molecule has 3 aromatic rings. The molecule has 0 bridgehead atoms. The first-order valence-corrected chi connectivity index (χ1v) is 11.2. The smallest absolute Gasteiger partial charge is 0.387 e. The van der Waals surface area contributed by atoms with Gasteiger partial charge in [-0.25, -0.2) is 9.79 Å². The molecule has 0 saturated heterocycles. The quantitative estimate of drug-likeness (QED) is 0.477. The van der Waals surface area contributed by atoms with Crippen LogP contribution in [0.3, 0.4) is 0 Å². The number of esters is 1. The van der Waals surface area contributed by atoms with E-state index in [1.54, 1.807) is 30.9 Å². The Morgan fingerprint density at radius 1 is 1.23 bits per heavy atom. The molecule has 4 rings (SSSR count). The number of aryl methyl sites for hydroxylation is 1. The molecule has 0 spiro atoms. The number of methoxy groups -OCH3 is 2. The number of carbonyl (C=O) groups is 1. The fourth-order valence-electron chi connectivity index (χ4n) is 3.89. The standard InChI is InChI=1S/C23H22F2N4O5S/c1-11-18(21(31)33-5)19(14-10-26-28(3)12(14)2)29-20(30)17(35-23(29)27-11)9-13-6-7-15(34-22(24)25)16(8-13)32-4/h6-10,19,22H,1-5H3/b17-9+. The number of hydrogen-bond donors (Lipinski definition) is 0. The number of carbonyl (C=O) groups excluding carboxylic acids is 1. The second-order valence-corrected chi connectivity index (χ2v) is 8.68. The van der Waals surface area contributed by atoms with Gasteiger partial charge in [0.25, 0.3) is 5.56 Å². The first-order chi connectivity index (χ1) is 16.7. The number of halogens is 2. The summed E-state index contributed by atoms with van der Waals surface area (Å²) in [5, 5.41) is 4.27. The van der Waals surface area contributed by atoms with Gasteiger partial charge in [-0.05, 0) is 37.6 Å². The summed E-state index contributed by atoms with van der Waals surface area (Å²) in [4.78, 5) is 31.2. The minimum atomic E-state index is -3.00. The van der Waals surface area contributed by atoms with E-state index in [0.717, 1.165) is 17.0 Å². The van der Waals surface area contributed by atoms with Crippen molar-refractivity contribution < 1.29 is 27.8 Å². The molecule has 1 aliphatic heterocycles. The van der Waals surface area contributed by atoms with Crippen LogP contribution in [0, 0.1) is 6.92 Å². The van der Waals surface area contributed by atoms with Gasteiger partial charge < -0.3 is 14.2 Å². The minimum Gasteiger partial charge on any atom is -0.493 e. The van der Waals surface area contributed by atoms with E-state index in [1.807, 2.05) is 6.92 Å². The van der Waals surface area contributed by atoms with Crippen LogP contribution in [0.2, 0.25) is 0 Å². The van der Waals surface area contributed by atoms with Crippen LogP contribution in [-0.4, -0.2) is 41.1 Å². The molecule has 1 aromatic carbocycles. The molecular formula is C23H22F2N4O5S. The van der Waals surface area contributed by atoms with Gasteiger partial charge in [0, 0.05) is 18.3 Å². The molecule has 0 fully saturated rings. The number of thiazole rings is 1. The van der Waals surface area contributed by atoms with E-state index in [1.165, 1.54) is 37.0 Å². The van der Waals surface area contributed by atoms with Gasteiger partial charge in [0.1, 0.15) is 6.04 Å². The van der Waals surface area contributed by atoms with E-state index < -0.39 is 18.6 Å². The van der Waals surface area contributed by atoms with E-state index in [2.05, 4.69) is 14.8 Å². The summed E-state index contributed by atoms with van der Waals surface area (Å²) in [6.45, 7) is 0.536. The summed E-state index contributed by atoms with van der Waals surface area (Å²) < 4.78 is 43.3. The van der Waals surface area contributed by atoms with Gasteiger partial charge in [-0.2, -0.15) is 13.9 Å². The van der Waals surface area contributed by atoms with Crippen molar-refractivity contribution in [2.75, 3.05) is 14.2 Å². The Kier molecular flexibility index (Phi) is 6.57. The Morgan fingerprint density at radius 2 is 1.97 bits per heavy atom. The zero-order valence-electron chi connectivity index (χ0n) is 19.5. The van der Waals surface area contributed by atoms with Crippen molar-refractivity contribution in [3.05, 3.63) is 72.2 Å². The molecule has 3 heterocycles. The number of alkyl halides is 2. The number of fused-ring (bicyclic) bond motifs is 1. The van der Waals surface area contributed by atoms with Crippen molar-refractivity contribution in [2.24, 2.45) is 12.0 Å². The normalized spacial score (nSPS) is 15.8. The molecule has 0 N–H and O–H groups in total. The van der Waals surface area contributed by atoms with Crippen LogP contribution in [0.5, 0.6) is 11.5 Å². The summed E-state index contributed by atoms with van der Waals surface area (Å²) >= 11 is 1.14. The molecule has 12 heteroatoms. The first-order valence-electron chi connectivity index (χ1n) is 10.4. The fraction of sp³-hybridized carbons (Fsp3) is 0.304. The Balaban J connectivity index is 1.91. The number of nitrogens with zero attached hydrogens (tertiary/aromatic N) is 4. The molecule has 1 atom stereocenters. The van der Waals surface area contributed by atoms with Crippen LogP contribution in [-0.2, 0) is 16.6 Å². The summed E-state index contributed by atoms with van der Waals surface area (Å²) in [6, 6.07) is 3.59. The lowest BCUT2D eigenvalue weighted by atomic mass is 9.96. The monoisotopic (exact) mass is 504 g/mol. The van der Waals surface area contributed by atoms with Crippen molar-refractivity contribution in [1.29, 1.82) is 0 Å². The predicted molar refractivity (Wildman–Crippen MR) is 123 cm³/mol. The topological polar surface area (TPSA) is 96.9 Å². The van der Waals surface area contributed by atoms with E-state index in [0.29, 0.717) is 26.2 Å². The predicted octanol–water partition coefficient (Wildman–Crippen LogP) is 2.06. The zero-order chi connectivity index (χ0) is 25.4. The summed E-state index contributed by atoms with van der Waals surface area (Å²) in [7, 11) is 4.38. The molecule has 1 aliphatic rings. The maximum absolute atomic E-state index is 13.6. The molecule has 9 nitrogen and oxygen atoms in total. The van der Waals surface area contributed by atoms with Gasteiger partial charge in [0.2, 0.25) is 0 Å². The lowest BCUT2D eigenvalue weighted by Crippen LogP contribution is -2.40. The van der Waals surface area contributed by atoms with Crippen molar-refractivity contribution in [2.45, 2.75) is 26.5 Å². The van der Waals surface area contributed by atoms with E-state index in [4.69, 9.17) is 9.47 Å². The largest absolute Gasteiger partial charge is 0.493 e. The van der Waals surface area contributed by atoms with Crippen LogP contribution in [0.4, 0.5) is 8.78 Å². The SMILES string of the molecule is COC(=O)C1=C(C)N=c2s/c(=C/c3ccc(OC(F)F)c(OC)c3)c(=O)n2C1c1cnn(C)c1C. The highest BCUT2D eigenvalue weighted by atomic mass is 32.1. The number of hydrogen-bond acceptors (Lipinski definition) is 8. The molecule has 0 amide bonds. The van der Waals surface area contributed by atoms with Crippen LogP contribution >= 0.6 is 11.3 Å². The third kappa shape index (κ3) is 4.36. The van der Waals surface area contributed by atoms with Crippen LogP contribution in [0.1, 0.15) is 29.8 Å². The highest BCUT2D eigenvalue weighted by molar-refractivity contribution is 7.07. The summed E-state index contributed by atoms with van der Waals surface area (Å²) in [6.07, 6.45) is 3.22. The lowest BCUT2D eigenvalue weighted by Gasteiger charge is -2.23. The molecule has 35 heavy (non-hydrogen) atoms. The third-order valence-electron chi connectivity index (χ3n) is 5.70. The lowest BCUT2D eigenvalue weighted by molar-refractivity contribution is -0.136. The van der Waals surface area contributed by atoms with Gasteiger partial charge in [-0.3, -0.25) is 14.0 Å². The van der Waals surface area contributed by atoms with E-state index in [9.17, 15) is 18.4 Å². The van der Waals surface area contributed by atoms with E-state index in [-0.39, 0.29) is 22.6 Å². The van der Waals surface area contributed by atoms with Crippen LogP contribution in [0.15, 0.2) is 45.5 Å². The Bertz CT molecular complexity index is 1520. The van der Waals surface area contributed by atoms with Crippen LogP contribution in [0.25, 0.3) is 6.08 Å². The number of ether oxygens (including phenoxy) is 3. The second kappa shape index (κ2) is 9.45. The highest BCUT2D eigenvalue weighted by Crippen LogP contribution is 2.32. The molecule has 1 unspecified atom stereocenters. The van der Waals surface area contributed by atoms with Gasteiger partial charge in [-0.1, -0.05) is 17.4 Å². The Labute approximate surface area is 202 Å². The molecule has 0 aliphatic carbocycles. The number of aromatic nitrogens is 3. The Morgan fingerprint density at radius 3 is 2.57 bits per heavy atom. The average Bonchev–Trinajstić information content (AvgIpc) is 3.31. The molecular weight excluding hydrogens is 482 g/mol. The number of benzene rings is 1. The third-order valence-corrected chi connectivity index (χ3v) is 6.68. The second-order valence-electron chi connectivity index (χ2n) is 7.67. The Hall–Kier alpha value is -3.80. The summed E-state index contributed by atoms with van der Waals surface area (Å²) in [5.74, 6) is -0.612. The number of rotatable bonds is 6. The molecule has 2 aromatic heterocycles. The van der Waals surface area contributed by atoms with Gasteiger partial charge in [-0.15, -0.1) is 0 Å². The molecule has 0 radical (unpaired) electrons. The van der Waals surface area contributed by atoms with Gasteiger partial charge in [0.05, 0.1) is 36.2 Å². The average molecular weight is 505 g/mol. The zero-order valence-corrected chi connectivity index (χ0v) is 20.4. The minimum absolute atomic E-state index is 0.0968. The van der Waals surface area contributed by atoms with Crippen molar-refractivity contribution >= 4 is 23.4 Å². The van der Waals surface area contributed by atoms with Gasteiger partial charge in [0.15, 0.2) is 16.3 Å². The van der Waals surface area contributed by atoms with Crippen LogP contribution < -0.4 is 24.4 Å². The maximum Gasteiger partial charge on any atom is 0.387 e. The van der Waals surface area contributed by atoms with Crippen molar-refractivity contribution in [1.82, 2.24) is 14.3 Å². The summed E-state index contributed by atoms with van der Waals surface area (Å²) in [5.41, 5.74) is 2.30. The molecule has 0 saturated carbocycles. The fourth-order valence-corrected chi connectivity index (χ4v) is 4.94. The van der Waals surface area contributed by atoms with Crippen molar-refractivity contribution in [3.8, 4) is 11.5 Å². The van der Waals surface area contributed by atoms with E-state index >= 15 is 0 Å². The maximum atomic E-state index is 13.6.